The van der Waals surface area contributed by atoms with Crippen LogP contribution in [0.3, 0.4) is 0 Å². The van der Waals surface area contributed by atoms with Crippen LogP contribution in [0.2, 0.25) is 0 Å². The summed E-state index contributed by atoms with van der Waals surface area (Å²) in [5.41, 5.74) is 3.08. The summed E-state index contributed by atoms with van der Waals surface area (Å²) in [5, 5.41) is 6.90. The Balaban J connectivity index is 1.96. The van der Waals surface area contributed by atoms with E-state index in [-0.39, 0.29) is 23.7 Å². The number of ether oxygens (including phenoxy) is 2. The summed E-state index contributed by atoms with van der Waals surface area (Å²) >= 11 is 0. The van der Waals surface area contributed by atoms with Crippen LogP contribution in [0.25, 0.3) is 10.9 Å². The van der Waals surface area contributed by atoms with Gasteiger partial charge in [-0.25, -0.2) is 0 Å². The number of aromatic amines is 1. The van der Waals surface area contributed by atoms with Gasteiger partial charge in [0, 0.05) is 36.5 Å². The quantitative estimate of drug-likeness (QED) is 0.435. The van der Waals surface area contributed by atoms with Crippen molar-refractivity contribution in [1.82, 2.24) is 15.6 Å². The SMILES string of the molecule is CCOc1ccc(C(CNC(=O)C(NC(C)=O)C(C)C)c2c[nH]c3ccccc23)cc1OC. The summed E-state index contributed by atoms with van der Waals surface area (Å²) in [7, 11) is 1.62. The number of hydrogen-bond donors (Lipinski definition) is 3. The van der Waals surface area contributed by atoms with Gasteiger partial charge in [0.05, 0.1) is 13.7 Å². The van der Waals surface area contributed by atoms with Gasteiger partial charge < -0.3 is 25.1 Å². The molecule has 1 heterocycles. The Kier molecular flexibility index (Phi) is 7.98. The monoisotopic (exact) mass is 451 g/mol. The van der Waals surface area contributed by atoms with Crippen molar-refractivity contribution in [2.24, 2.45) is 5.92 Å². The summed E-state index contributed by atoms with van der Waals surface area (Å²) in [6.07, 6.45) is 1.98. The molecule has 0 spiro atoms. The first-order chi connectivity index (χ1) is 15.8. The van der Waals surface area contributed by atoms with Crippen LogP contribution < -0.4 is 20.1 Å². The minimum absolute atomic E-state index is 0.0361. The van der Waals surface area contributed by atoms with Gasteiger partial charge in [0.15, 0.2) is 11.5 Å². The molecular formula is C26H33N3O4. The second-order valence-corrected chi connectivity index (χ2v) is 8.35. The Morgan fingerprint density at radius 1 is 1.09 bits per heavy atom. The highest BCUT2D eigenvalue weighted by Gasteiger charge is 2.26. The molecule has 0 bridgehead atoms. The zero-order valence-electron chi connectivity index (χ0n) is 19.9. The second-order valence-electron chi connectivity index (χ2n) is 8.35. The number of carbonyl (C=O) groups is 2. The van der Waals surface area contributed by atoms with E-state index < -0.39 is 6.04 Å². The lowest BCUT2D eigenvalue weighted by Crippen LogP contribution is -2.49. The smallest absolute Gasteiger partial charge is 0.242 e. The van der Waals surface area contributed by atoms with Crippen LogP contribution in [-0.2, 0) is 9.59 Å². The van der Waals surface area contributed by atoms with Crippen LogP contribution >= 0.6 is 0 Å². The molecule has 1 aromatic heterocycles. The normalized spacial score (nSPS) is 12.9. The van der Waals surface area contributed by atoms with Crippen LogP contribution in [0.1, 0.15) is 44.7 Å². The van der Waals surface area contributed by atoms with Crippen LogP contribution in [0.4, 0.5) is 0 Å². The Labute approximate surface area is 194 Å². The zero-order valence-corrected chi connectivity index (χ0v) is 19.9. The highest BCUT2D eigenvalue weighted by Crippen LogP contribution is 2.35. The lowest BCUT2D eigenvalue weighted by Gasteiger charge is -2.24. The molecule has 2 amide bonds. The van der Waals surface area contributed by atoms with Crippen molar-refractivity contribution in [2.45, 2.75) is 39.7 Å². The summed E-state index contributed by atoms with van der Waals surface area (Å²) in [6.45, 7) is 8.07. The fourth-order valence-corrected chi connectivity index (χ4v) is 4.03. The third-order valence-corrected chi connectivity index (χ3v) is 5.67. The molecule has 2 aromatic carbocycles. The van der Waals surface area contributed by atoms with Crippen LogP contribution in [0.5, 0.6) is 11.5 Å². The van der Waals surface area contributed by atoms with Gasteiger partial charge in [-0.2, -0.15) is 0 Å². The predicted octanol–water partition coefficient (Wildman–Crippen LogP) is 3.98. The van der Waals surface area contributed by atoms with Crippen molar-refractivity contribution < 1.29 is 19.1 Å². The lowest BCUT2D eigenvalue weighted by molar-refractivity contribution is -0.129. The largest absolute Gasteiger partial charge is 0.493 e. The minimum Gasteiger partial charge on any atom is -0.493 e. The maximum Gasteiger partial charge on any atom is 0.242 e. The molecule has 2 unspecified atom stereocenters. The summed E-state index contributed by atoms with van der Waals surface area (Å²) in [6, 6.07) is 13.3. The summed E-state index contributed by atoms with van der Waals surface area (Å²) in [4.78, 5) is 27.9. The van der Waals surface area contributed by atoms with E-state index in [1.54, 1.807) is 7.11 Å². The molecule has 0 fully saturated rings. The summed E-state index contributed by atoms with van der Waals surface area (Å²) in [5.74, 6) is 0.710. The molecule has 0 radical (unpaired) electrons. The van der Waals surface area contributed by atoms with Crippen molar-refractivity contribution in [1.29, 1.82) is 0 Å². The van der Waals surface area contributed by atoms with Gasteiger partial charge in [-0.15, -0.1) is 0 Å². The van der Waals surface area contributed by atoms with Crippen molar-refractivity contribution >= 4 is 22.7 Å². The first-order valence-electron chi connectivity index (χ1n) is 11.3. The average molecular weight is 452 g/mol. The number of rotatable bonds is 10. The number of benzene rings is 2. The molecule has 0 saturated carbocycles. The van der Waals surface area contributed by atoms with Crippen LogP contribution in [0, 0.1) is 5.92 Å². The molecule has 3 aromatic rings. The predicted molar refractivity (Wildman–Crippen MR) is 130 cm³/mol. The van der Waals surface area contributed by atoms with Gasteiger partial charge in [-0.05, 0) is 42.2 Å². The number of nitrogens with one attached hydrogen (secondary N) is 3. The number of fused-ring (bicyclic) bond motifs is 1. The van der Waals surface area contributed by atoms with Gasteiger partial charge in [0.25, 0.3) is 0 Å². The maximum atomic E-state index is 13.0. The highest BCUT2D eigenvalue weighted by molar-refractivity contribution is 5.87. The van der Waals surface area contributed by atoms with E-state index in [1.165, 1.54) is 6.92 Å². The van der Waals surface area contributed by atoms with E-state index in [2.05, 4.69) is 21.7 Å². The van der Waals surface area contributed by atoms with Gasteiger partial charge in [0.2, 0.25) is 11.8 Å². The highest BCUT2D eigenvalue weighted by atomic mass is 16.5. The van der Waals surface area contributed by atoms with E-state index >= 15 is 0 Å². The van der Waals surface area contributed by atoms with E-state index in [0.717, 1.165) is 22.0 Å². The number of carbonyl (C=O) groups excluding carboxylic acids is 2. The van der Waals surface area contributed by atoms with Crippen molar-refractivity contribution in [3.63, 3.8) is 0 Å². The van der Waals surface area contributed by atoms with Crippen molar-refractivity contribution in [3.05, 3.63) is 59.8 Å². The van der Waals surface area contributed by atoms with E-state index in [0.29, 0.717) is 24.7 Å². The molecule has 0 aliphatic rings. The Bertz CT molecular complexity index is 1110. The molecule has 3 N–H and O–H groups in total. The van der Waals surface area contributed by atoms with E-state index in [4.69, 9.17) is 9.47 Å². The third-order valence-electron chi connectivity index (χ3n) is 5.67. The molecule has 7 heteroatoms. The molecule has 176 valence electrons. The van der Waals surface area contributed by atoms with E-state index in [1.807, 2.05) is 63.4 Å². The minimum atomic E-state index is -0.596. The van der Waals surface area contributed by atoms with Gasteiger partial charge in [-0.1, -0.05) is 38.1 Å². The number of methoxy groups -OCH3 is 1. The topological polar surface area (TPSA) is 92.5 Å². The molecule has 0 aliphatic heterocycles. The maximum absolute atomic E-state index is 13.0. The van der Waals surface area contributed by atoms with Crippen molar-refractivity contribution in [3.8, 4) is 11.5 Å². The van der Waals surface area contributed by atoms with Crippen LogP contribution in [-0.4, -0.2) is 43.1 Å². The number of aromatic nitrogens is 1. The van der Waals surface area contributed by atoms with Gasteiger partial charge in [0.1, 0.15) is 6.04 Å². The average Bonchev–Trinajstić information content (AvgIpc) is 3.22. The standard InChI is InChI=1S/C26H33N3O4/c1-6-33-23-12-11-18(13-24(23)32-5)20(21-15-27-22-10-8-7-9-19(21)22)14-28-26(31)25(16(2)3)29-17(4)30/h7-13,15-16,20,25,27H,6,14H2,1-5H3,(H,28,31)(H,29,30). The fraction of sp³-hybridized carbons (Fsp3) is 0.385. The summed E-state index contributed by atoms with van der Waals surface area (Å²) < 4.78 is 11.2. The molecule has 2 atom stereocenters. The van der Waals surface area contributed by atoms with Gasteiger partial charge in [-0.3, -0.25) is 9.59 Å². The third kappa shape index (κ3) is 5.66. The zero-order chi connectivity index (χ0) is 24.0. The number of hydrogen-bond acceptors (Lipinski definition) is 4. The first kappa shape index (κ1) is 24.2. The number of H-pyrrole nitrogens is 1. The Morgan fingerprint density at radius 2 is 1.85 bits per heavy atom. The van der Waals surface area contributed by atoms with Crippen molar-refractivity contribution in [2.75, 3.05) is 20.3 Å². The molecular weight excluding hydrogens is 418 g/mol. The molecule has 0 saturated heterocycles. The number of para-hydroxylation sites is 1. The number of amides is 2. The van der Waals surface area contributed by atoms with E-state index in [9.17, 15) is 9.59 Å². The second kappa shape index (κ2) is 10.9. The lowest BCUT2D eigenvalue weighted by atomic mass is 9.90. The first-order valence-corrected chi connectivity index (χ1v) is 11.3. The van der Waals surface area contributed by atoms with Crippen LogP contribution in [0.15, 0.2) is 48.7 Å². The van der Waals surface area contributed by atoms with Gasteiger partial charge >= 0.3 is 0 Å². The molecule has 33 heavy (non-hydrogen) atoms. The fourth-order valence-electron chi connectivity index (χ4n) is 4.03. The molecule has 3 rings (SSSR count). The molecule has 7 nitrogen and oxygen atoms in total. The Morgan fingerprint density at radius 3 is 2.52 bits per heavy atom. The Hall–Kier alpha value is -3.48. The molecule has 0 aliphatic carbocycles.